The monoisotopic (exact) mass is 237 g/mol. The number of amides is 2. The second-order valence-corrected chi connectivity index (χ2v) is 3.89. The van der Waals surface area contributed by atoms with Gasteiger partial charge in [0, 0.05) is 45.6 Å². The van der Waals surface area contributed by atoms with Gasteiger partial charge >= 0.3 is 0 Å². The number of rotatable bonds is 5. The zero-order chi connectivity index (χ0) is 12.7. The summed E-state index contributed by atoms with van der Waals surface area (Å²) < 4.78 is 0. The van der Waals surface area contributed by atoms with E-state index in [2.05, 4.69) is 9.98 Å². The summed E-state index contributed by atoms with van der Waals surface area (Å²) in [5, 5.41) is 0. The maximum atomic E-state index is 11.6. The van der Waals surface area contributed by atoms with Crippen LogP contribution in [0.2, 0.25) is 0 Å². The summed E-state index contributed by atoms with van der Waals surface area (Å²) in [6.45, 7) is 3.07. The number of imide groups is 1. The Balaban J connectivity index is 2.50. The lowest BCUT2D eigenvalue weighted by molar-refractivity contribution is -0.147. The number of hydrogen-bond donors (Lipinski definition) is 0. The summed E-state index contributed by atoms with van der Waals surface area (Å²) in [7, 11) is 1.69. The van der Waals surface area contributed by atoms with Gasteiger partial charge in [-0.15, -0.1) is 0 Å². The molecule has 0 saturated carbocycles. The minimum atomic E-state index is -0.0656. The third kappa shape index (κ3) is 4.09. The van der Waals surface area contributed by atoms with Crippen LogP contribution in [-0.2, 0) is 9.59 Å². The number of hydrogen-bond acceptors (Lipinski definition) is 4. The molecule has 0 aromatic heterocycles. The van der Waals surface area contributed by atoms with Gasteiger partial charge in [0.15, 0.2) is 0 Å². The van der Waals surface area contributed by atoms with Crippen LogP contribution >= 0.6 is 0 Å². The van der Waals surface area contributed by atoms with Gasteiger partial charge < -0.3 is 0 Å². The molecule has 1 saturated heterocycles. The molecule has 0 aliphatic carbocycles. The Kier molecular flexibility index (Phi) is 5.52. The van der Waals surface area contributed by atoms with Crippen LogP contribution < -0.4 is 0 Å². The van der Waals surface area contributed by atoms with Crippen LogP contribution in [0.5, 0.6) is 0 Å². The molecule has 94 valence electrons. The van der Waals surface area contributed by atoms with E-state index in [0.717, 1.165) is 5.71 Å². The zero-order valence-electron chi connectivity index (χ0n) is 10.5. The topological polar surface area (TPSA) is 62.1 Å². The third-order valence-electron chi connectivity index (χ3n) is 2.69. The van der Waals surface area contributed by atoms with E-state index in [9.17, 15) is 9.59 Å². The highest BCUT2D eigenvalue weighted by atomic mass is 16.2. The zero-order valence-corrected chi connectivity index (χ0v) is 10.5. The molecule has 1 aliphatic rings. The van der Waals surface area contributed by atoms with E-state index in [1.165, 1.54) is 4.90 Å². The van der Waals surface area contributed by atoms with Crippen LogP contribution in [0.25, 0.3) is 0 Å². The molecule has 5 heteroatoms. The molecule has 5 nitrogen and oxygen atoms in total. The van der Waals surface area contributed by atoms with Crippen LogP contribution in [0.1, 0.15) is 32.6 Å². The van der Waals surface area contributed by atoms with Crippen molar-refractivity contribution in [2.75, 3.05) is 20.1 Å². The average Bonchev–Trinajstić information content (AvgIpc) is 2.32. The Bertz CT molecular complexity index is 332. The summed E-state index contributed by atoms with van der Waals surface area (Å²) in [4.78, 5) is 32.6. The van der Waals surface area contributed by atoms with E-state index < -0.39 is 0 Å². The van der Waals surface area contributed by atoms with E-state index >= 15 is 0 Å². The van der Waals surface area contributed by atoms with E-state index in [1.807, 2.05) is 6.92 Å². The molecule has 0 aromatic rings. The van der Waals surface area contributed by atoms with Crippen molar-refractivity contribution in [2.45, 2.75) is 32.6 Å². The average molecular weight is 237 g/mol. The third-order valence-corrected chi connectivity index (χ3v) is 2.69. The number of carbonyl (C=O) groups excluding carboxylic acids is 2. The summed E-state index contributed by atoms with van der Waals surface area (Å²) in [6, 6.07) is 0. The first kappa shape index (κ1) is 13.5. The molecule has 0 radical (unpaired) electrons. The molecular formula is C12H19N3O2. The second-order valence-electron chi connectivity index (χ2n) is 3.89. The first-order valence-electron chi connectivity index (χ1n) is 5.97. The Morgan fingerprint density at radius 2 is 2.00 bits per heavy atom. The smallest absolute Gasteiger partial charge is 0.229 e. The van der Waals surface area contributed by atoms with Gasteiger partial charge in [-0.3, -0.25) is 24.5 Å². The van der Waals surface area contributed by atoms with Crippen molar-refractivity contribution < 1.29 is 9.59 Å². The molecule has 1 heterocycles. The molecule has 0 aromatic carbocycles. The molecule has 0 N–H and O–H groups in total. The fourth-order valence-electron chi connectivity index (χ4n) is 1.71. The summed E-state index contributed by atoms with van der Waals surface area (Å²) in [6.07, 6.45) is 3.93. The van der Waals surface area contributed by atoms with E-state index in [-0.39, 0.29) is 11.8 Å². The van der Waals surface area contributed by atoms with Gasteiger partial charge in [-0.2, -0.15) is 0 Å². The number of piperidine rings is 1. The molecule has 1 aliphatic heterocycles. The quantitative estimate of drug-likeness (QED) is 0.530. The highest BCUT2D eigenvalue weighted by molar-refractivity contribution is 6.30. The van der Waals surface area contributed by atoms with Gasteiger partial charge in [0.2, 0.25) is 11.8 Å². The minimum Gasteiger partial charge on any atom is -0.292 e. The first-order valence-corrected chi connectivity index (χ1v) is 5.97. The first-order chi connectivity index (χ1) is 8.19. The van der Waals surface area contributed by atoms with E-state index in [1.54, 1.807) is 13.3 Å². The number of aliphatic imine (C=N–C) groups is 2. The molecular weight excluding hydrogens is 218 g/mol. The van der Waals surface area contributed by atoms with Crippen LogP contribution in [0.15, 0.2) is 9.98 Å². The lowest BCUT2D eigenvalue weighted by atomic mass is 10.1. The highest BCUT2D eigenvalue weighted by Gasteiger charge is 2.25. The van der Waals surface area contributed by atoms with Crippen molar-refractivity contribution in [2.24, 2.45) is 9.98 Å². The molecule has 0 unspecified atom stereocenters. The Morgan fingerprint density at radius 1 is 1.35 bits per heavy atom. The molecule has 0 atom stereocenters. The molecule has 1 rings (SSSR count). The van der Waals surface area contributed by atoms with Crippen molar-refractivity contribution in [1.29, 1.82) is 0 Å². The minimum absolute atomic E-state index is 0.0656. The summed E-state index contributed by atoms with van der Waals surface area (Å²) in [5.74, 6) is -0.131. The van der Waals surface area contributed by atoms with Gasteiger partial charge in [0.25, 0.3) is 0 Å². The largest absolute Gasteiger partial charge is 0.292 e. The van der Waals surface area contributed by atoms with Gasteiger partial charge in [-0.05, 0) is 13.3 Å². The lowest BCUT2D eigenvalue weighted by Gasteiger charge is -2.24. The number of likely N-dealkylation sites (tertiary alicyclic amines) is 1. The standard InChI is InChI=1S/C12H19N3O2/c1-3-14-9-10(13-2)7-8-15-11(16)5-4-6-12(15)17/h9H,3-8H2,1-2H3. The van der Waals surface area contributed by atoms with Crippen molar-refractivity contribution in [3.05, 3.63) is 0 Å². The SMILES string of the molecule is CCN=CC(CCN1C(=O)CCCC1=O)=NC. The van der Waals surface area contributed by atoms with Gasteiger partial charge in [-0.25, -0.2) is 0 Å². The number of nitrogens with zero attached hydrogens (tertiary/aromatic N) is 3. The van der Waals surface area contributed by atoms with Crippen molar-refractivity contribution in [1.82, 2.24) is 4.90 Å². The maximum Gasteiger partial charge on any atom is 0.229 e. The normalized spacial score (nSPS) is 18.2. The molecule has 17 heavy (non-hydrogen) atoms. The van der Waals surface area contributed by atoms with Gasteiger partial charge in [-0.1, -0.05) is 0 Å². The predicted octanol–water partition coefficient (Wildman–Crippen LogP) is 1.08. The molecule has 1 fully saturated rings. The van der Waals surface area contributed by atoms with E-state index in [0.29, 0.717) is 38.8 Å². The van der Waals surface area contributed by atoms with Crippen molar-refractivity contribution >= 4 is 23.7 Å². The molecule has 2 amide bonds. The highest BCUT2D eigenvalue weighted by Crippen LogP contribution is 2.12. The lowest BCUT2D eigenvalue weighted by Crippen LogP contribution is -2.41. The van der Waals surface area contributed by atoms with E-state index in [4.69, 9.17) is 0 Å². The van der Waals surface area contributed by atoms with Gasteiger partial charge in [0.05, 0.1) is 5.71 Å². The number of carbonyl (C=O) groups is 2. The maximum absolute atomic E-state index is 11.6. The second kappa shape index (κ2) is 6.93. The summed E-state index contributed by atoms with van der Waals surface area (Å²) >= 11 is 0. The van der Waals surface area contributed by atoms with Crippen molar-refractivity contribution in [3.8, 4) is 0 Å². The fourth-order valence-corrected chi connectivity index (χ4v) is 1.71. The van der Waals surface area contributed by atoms with Crippen LogP contribution in [0.3, 0.4) is 0 Å². The van der Waals surface area contributed by atoms with Gasteiger partial charge in [0.1, 0.15) is 0 Å². The summed E-state index contributed by atoms with van der Waals surface area (Å²) in [5.41, 5.74) is 0.818. The Morgan fingerprint density at radius 3 is 2.53 bits per heavy atom. The van der Waals surface area contributed by atoms with Crippen LogP contribution in [0.4, 0.5) is 0 Å². The molecule has 0 bridgehead atoms. The Hall–Kier alpha value is -1.52. The fraction of sp³-hybridized carbons (Fsp3) is 0.667. The Labute approximate surface area is 102 Å². The van der Waals surface area contributed by atoms with Crippen molar-refractivity contribution in [3.63, 3.8) is 0 Å². The van der Waals surface area contributed by atoms with Crippen LogP contribution in [-0.4, -0.2) is 48.8 Å². The predicted molar refractivity (Wildman–Crippen MR) is 67.6 cm³/mol. The molecule has 0 spiro atoms. The van der Waals surface area contributed by atoms with Crippen LogP contribution in [0, 0.1) is 0 Å².